The zero-order valence-corrected chi connectivity index (χ0v) is 18.5. The van der Waals surface area contributed by atoms with Gasteiger partial charge in [0, 0.05) is 31.4 Å². The number of pyridine rings is 2. The number of aromatic nitrogens is 2. The first-order valence-corrected chi connectivity index (χ1v) is 10.8. The molecule has 3 rings (SSSR count). The van der Waals surface area contributed by atoms with Crippen molar-refractivity contribution in [3.8, 4) is 11.5 Å². The number of likely N-dealkylation sites (tertiary alicyclic amines) is 1. The Balaban J connectivity index is 1.53. The van der Waals surface area contributed by atoms with Crippen molar-refractivity contribution in [3.63, 3.8) is 0 Å². The molecule has 1 fully saturated rings. The molecule has 7 heteroatoms. The number of aliphatic hydroxyl groups is 1. The van der Waals surface area contributed by atoms with E-state index >= 15 is 0 Å². The fourth-order valence-corrected chi connectivity index (χ4v) is 3.75. The third-order valence-corrected chi connectivity index (χ3v) is 5.82. The second kappa shape index (κ2) is 11.0. The van der Waals surface area contributed by atoms with E-state index in [9.17, 15) is 15.3 Å². The van der Waals surface area contributed by atoms with Gasteiger partial charge in [0.2, 0.25) is 0 Å². The van der Waals surface area contributed by atoms with Gasteiger partial charge in [0.05, 0.1) is 23.3 Å². The second-order valence-corrected chi connectivity index (χ2v) is 8.18. The summed E-state index contributed by atoms with van der Waals surface area (Å²) in [6.07, 6.45) is 9.86. The van der Waals surface area contributed by atoms with Gasteiger partial charge < -0.3 is 25.5 Å². The van der Waals surface area contributed by atoms with Gasteiger partial charge in [0.1, 0.15) is 0 Å². The van der Waals surface area contributed by atoms with Crippen molar-refractivity contribution in [2.45, 2.75) is 38.5 Å². The van der Waals surface area contributed by atoms with Crippen LogP contribution in [0.4, 0.5) is 0 Å². The first-order chi connectivity index (χ1) is 15.4. The van der Waals surface area contributed by atoms with Crippen molar-refractivity contribution in [1.29, 1.82) is 0 Å². The molecule has 32 heavy (non-hydrogen) atoms. The summed E-state index contributed by atoms with van der Waals surface area (Å²) in [5, 5.41) is 34.7. The Kier molecular flexibility index (Phi) is 8.16. The number of allylic oxidation sites excluding steroid dienone is 3. The number of rotatable bonds is 8. The molecule has 3 heterocycles. The Hall–Kier alpha value is -3.00. The first kappa shape index (κ1) is 23.7. The lowest BCUT2D eigenvalue weighted by molar-refractivity contribution is 0.0933. The van der Waals surface area contributed by atoms with Crippen LogP contribution >= 0.6 is 0 Å². The van der Waals surface area contributed by atoms with Gasteiger partial charge in [-0.25, -0.2) is 0 Å². The van der Waals surface area contributed by atoms with Gasteiger partial charge in [-0.1, -0.05) is 30.9 Å². The van der Waals surface area contributed by atoms with Crippen LogP contribution in [0.15, 0.2) is 48.8 Å². The molecule has 1 aliphatic heterocycles. The molecule has 2 aromatic heterocycles. The van der Waals surface area contributed by atoms with E-state index in [-0.39, 0.29) is 11.5 Å². The quantitative estimate of drug-likeness (QED) is 0.465. The summed E-state index contributed by atoms with van der Waals surface area (Å²) in [4.78, 5) is 10.8. The number of piperidine rings is 1. The van der Waals surface area contributed by atoms with E-state index < -0.39 is 6.10 Å². The molecule has 4 N–H and O–H groups in total. The Labute approximate surface area is 188 Å². The molecule has 2 aromatic rings. The summed E-state index contributed by atoms with van der Waals surface area (Å²) in [6.45, 7) is 12.7. The monoisotopic (exact) mass is 436 g/mol. The summed E-state index contributed by atoms with van der Waals surface area (Å²) < 4.78 is 0. The molecule has 0 radical (unpaired) electrons. The highest BCUT2D eigenvalue weighted by Gasteiger charge is 2.22. The fourth-order valence-electron chi connectivity index (χ4n) is 3.75. The number of aliphatic hydroxyl groups excluding tert-OH is 1. The van der Waals surface area contributed by atoms with Crippen LogP contribution in [0.5, 0.6) is 11.5 Å². The fraction of sp³-hybridized carbons (Fsp3) is 0.360. The van der Waals surface area contributed by atoms with E-state index in [1.807, 2.05) is 25.1 Å². The van der Waals surface area contributed by atoms with Crippen LogP contribution in [0.3, 0.4) is 0 Å². The number of aromatic hydroxyl groups is 2. The van der Waals surface area contributed by atoms with Crippen molar-refractivity contribution in [2.24, 2.45) is 0 Å². The van der Waals surface area contributed by atoms with E-state index in [2.05, 4.69) is 33.3 Å². The zero-order chi connectivity index (χ0) is 23.1. The number of nitrogens with one attached hydrogen (secondary N) is 1. The topological polar surface area (TPSA) is 102 Å². The van der Waals surface area contributed by atoms with Gasteiger partial charge in [-0.15, -0.1) is 0 Å². The zero-order valence-electron chi connectivity index (χ0n) is 18.5. The molecule has 0 saturated carbocycles. The predicted octanol–water partition coefficient (Wildman–Crippen LogP) is 1.50. The summed E-state index contributed by atoms with van der Waals surface area (Å²) in [5.74, 6) is -0.372. The Morgan fingerprint density at radius 3 is 2.72 bits per heavy atom. The minimum absolute atomic E-state index is 0.158. The second-order valence-electron chi connectivity index (χ2n) is 8.18. The lowest BCUT2D eigenvalue weighted by Gasteiger charge is -2.33. The molecule has 0 aliphatic carbocycles. The minimum Gasteiger partial charge on any atom is -0.504 e. The van der Waals surface area contributed by atoms with Crippen LogP contribution in [-0.2, 0) is 6.54 Å². The number of nitrogens with zero attached hydrogens (tertiary/aromatic N) is 3. The highest BCUT2D eigenvalue weighted by molar-refractivity contribution is 5.41. The predicted molar refractivity (Wildman–Crippen MR) is 126 cm³/mol. The molecule has 0 aromatic carbocycles. The van der Waals surface area contributed by atoms with Gasteiger partial charge in [-0.2, -0.15) is 0 Å². The maximum Gasteiger partial charge on any atom is 0.176 e. The van der Waals surface area contributed by atoms with E-state index in [1.165, 1.54) is 12.3 Å². The van der Waals surface area contributed by atoms with Crippen molar-refractivity contribution < 1.29 is 15.3 Å². The maximum atomic E-state index is 10.8. The van der Waals surface area contributed by atoms with Crippen molar-refractivity contribution in [1.82, 2.24) is 20.2 Å². The normalized spacial score (nSPS) is 17.4. The van der Waals surface area contributed by atoms with E-state index in [0.717, 1.165) is 47.6 Å². The first-order valence-electron chi connectivity index (χ1n) is 10.8. The number of hydrogen-bond donors (Lipinski definition) is 4. The highest BCUT2D eigenvalue weighted by atomic mass is 16.3. The lowest BCUT2D eigenvalue weighted by Crippen LogP contribution is -2.44. The van der Waals surface area contributed by atoms with Crippen molar-refractivity contribution >= 4 is 12.7 Å². The summed E-state index contributed by atoms with van der Waals surface area (Å²) in [6, 6.07) is 3.65. The van der Waals surface area contributed by atoms with Crippen molar-refractivity contribution in [2.75, 3.05) is 19.6 Å². The Bertz CT molecular complexity index is 1080. The van der Waals surface area contributed by atoms with E-state index in [4.69, 9.17) is 0 Å². The number of hydrogen-bond acceptors (Lipinski definition) is 7. The molecule has 1 aliphatic rings. The third-order valence-electron chi connectivity index (χ3n) is 5.82. The third kappa shape index (κ3) is 6.26. The largest absolute Gasteiger partial charge is 0.504 e. The van der Waals surface area contributed by atoms with Gasteiger partial charge in [-0.3, -0.25) is 9.97 Å². The molecule has 0 spiro atoms. The standard InChI is InChI=1S/C25H32N4O3/c1-4-17(2)5-6-22-18(3)21(7-10-26-22)25(32)16-29-11-8-19(9-12-29)27-14-20-13-23(30)24(31)15-28-20/h4-7,10,13,15,19,25,27,31-32H,1,3,8-9,11-12,14,16H2,2H3,(H,28,30)/b17-5-,22-6+/t25-/m0/s1. The molecule has 0 amide bonds. The molecule has 0 unspecified atom stereocenters. The molecule has 170 valence electrons. The summed E-state index contributed by atoms with van der Waals surface area (Å²) in [5.41, 5.74) is 2.52. The van der Waals surface area contributed by atoms with Crippen LogP contribution in [0.25, 0.3) is 12.7 Å². The van der Waals surface area contributed by atoms with Gasteiger partial charge in [0.15, 0.2) is 11.5 Å². The molecule has 1 saturated heterocycles. The highest BCUT2D eigenvalue weighted by Crippen LogP contribution is 2.23. The van der Waals surface area contributed by atoms with Crippen LogP contribution < -0.4 is 15.9 Å². The Morgan fingerprint density at radius 1 is 1.28 bits per heavy atom. The van der Waals surface area contributed by atoms with Gasteiger partial charge in [0.25, 0.3) is 0 Å². The summed E-state index contributed by atoms with van der Waals surface area (Å²) >= 11 is 0. The molecule has 1 atom stereocenters. The van der Waals surface area contributed by atoms with Gasteiger partial charge >= 0.3 is 0 Å². The molecule has 0 bridgehead atoms. The molecule has 7 nitrogen and oxygen atoms in total. The van der Waals surface area contributed by atoms with Crippen LogP contribution in [-0.4, -0.2) is 55.9 Å². The number of β-amino-alcohol motifs (C(OH)–C–C–N with tert-alkyl or cyclic N) is 1. The maximum absolute atomic E-state index is 10.8. The van der Waals surface area contributed by atoms with E-state index in [1.54, 1.807) is 12.3 Å². The van der Waals surface area contributed by atoms with E-state index in [0.29, 0.717) is 24.8 Å². The minimum atomic E-state index is -0.629. The smallest absolute Gasteiger partial charge is 0.176 e. The summed E-state index contributed by atoms with van der Waals surface area (Å²) in [7, 11) is 0. The van der Waals surface area contributed by atoms with Crippen LogP contribution in [0.2, 0.25) is 0 Å². The average Bonchev–Trinajstić information content (AvgIpc) is 2.79. The Morgan fingerprint density at radius 2 is 2.03 bits per heavy atom. The molecular formula is C25H32N4O3. The molecular weight excluding hydrogens is 404 g/mol. The van der Waals surface area contributed by atoms with Crippen LogP contribution in [0.1, 0.15) is 37.1 Å². The van der Waals surface area contributed by atoms with Gasteiger partial charge in [-0.05, 0) is 55.8 Å². The van der Waals surface area contributed by atoms with Crippen LogP contribution in [0, 0.1) is 0 Å². The van der Waals surface area contributed by atoms with Crippen molar-refractivity contribution in [3.05, 3.63) is 70.7 Å². The average molecular weight is 437 g/mol. The lowest BCUT2D eigenvalue weighted by atomic mass is 10.0. The SMILES string of the molecule is C=C/C(C)=C\C=c1\nccc([C@@H](O)CN2CCC(NCc3cc(O)c(O)cn3)CC2)c1=C.